The van der Waals surface area contributed by atoms with Crippen LogP contribution in [0.1, 0.15) is 19.8 Å². The molecule has 0 atom stereocenters. The van der Waals surface area contributed by atoms with Crippen molar-refractivity contribution in [3.63, 3.8) is 0 Å². The van der Waals surface area contributed by atoms with Gasteiger partial charge in [-0.1, -0.05) is 0 Å². The average molecular weight is 266 g/mol. The van der Waals surface area contributed by atoms with Gasteiger partial charge in [0.25, 0.3) is 0 Å². The Morgan fingerprint density at radius 1 is 1.26 bits per heavy atom. The second kappa shape index (κ2) is 6.01. The van der Waals surface area contributed by atoms with Gasteiger partial charge in [-0.2, -0.15) is 15.0 Å². The molecular formula is C12H22N6O. The molecule has 106 valence electrons. The zero-order chi connectivity index (χ0) is 13.8. The summed E-state index contributed by atoms with van der Waals surface area (Å²) in [5, 5.41) is 0. The molecule has 2 heterocycles. The van der Waals surface area contributed by atoms with Crippen LogP contribution in [0.3, 0.4) is 0 Å². The molecule has 0 amide bonds. The van der Waals surface area contributed by atoms with Crippen LogP contribution < -0.4 is 15.4 Å². The van der Waals surface area contributed by atoms with Crippen molar-refractivity contribution in [2.75, 3.05) is 44.4 Å². The summed E-state index contributed by atoms with van der Waals surface area (Å²) in [6.45, 7) is 4.27. The van der Waals surface area contributed by atoms with Crippen molar-refractivity contribution in [1.29, 1.82) is 0 Å². The number of nitrogens with two attached hydrogens (primary N) is 1. The van der Waals surface area contributed by atoms with E-state index in [0.717, 1.165) is 25.9 Å². The Morgan fingerprint density at radius 3 is 2.53 bits per heavy atom. The predicted octanol–water partition coefficient (Wildman–Crippen LogP) is 0.383. The molecule has 0 unspecified atom stereocenters. The van der Waals surface area contributed by atoms with Crippen LogP contribution >= 0.6 is 0 Å². The van der Waals surface area contributed by atoms with Crippen LogP contribution in [0.25, 0.3) is 0 Å². The number of anilines is 2. The van der Waals surface area contributed by atoms with E-state index in [4.69, 9.17) is 10.5 Å². The molecule has 0 aliphatic carbocycles. The van der Waals surface area contributed by atoms with Gasteiger partial charge in [-0.3, -0.25) is 0 Å². The third kappa shape index (κ3) is 3.44. The Morgan fingerprint density at radius 2 is 1.95 bits per heavy atom. The lowest BCUT2D eigenvalue weighted by molar-refractivity contribution is 0.248. The van der Waals surface area contributed by atoms with Gasteiger partial charge in [0.2, 0.25) is 11.9 Å². The summed E-state index contributed by atoms with van der Waals surface area (Å²) >= 11 is 0. The molecule has 19 heavy (non-hydrogen) atoms. The van der Waals surface area contributed by atoms with Crippen molar-refractivity contribution in [1.82, 2.24) is 19.9 Å². The van der Waals surface area contributed by atoms with E-state index in [1.807, 2.05) is 6.92 Å². The van der Waals surface area contributed by atoms with E-state index in [2.05, 4.69) is 38.8 Å². The van der Waals surface area contributed by atoms with Crippen LogP contribution in [-0.4, -0.2) is 59.7 Å². The van der Waals surface area contributed by atoms with E-state index in [1.54, 1.807) is 0 Å². The van der Waals surface area contributed by atoms with Gasteiger partial charge in [-0.25, -0.2) is 0 Å². The van der Waals surface area contributed by atoms with E-state index in [-0.39, 0.29) is 5.95 Å². The molecule has 1 aromatic rings. The van der Waals surface area contributed by atoms with Crippen LogP contribution in [0.4, 0.5) is 11.9 Å². The van der Waals surface area contributed by atoms with E-state index < -0.39 is 0 Å². The highest BCUT2D eigenvalue weighted by molar-refractivity contribution is 5.36. The topological polar surface area (TPSA) is 80.4 Å². The summed E-state index contributed by atoms with van der Waals surface area (Å²) < 4.78 is 5.30. The maximum Gasteiger partial charge on any atom is 0.323 e. The summed E-state index contributed by atoms with van der Waals surface area (Å²) in [5.41, 5.74) is 5.69. The van der Waals surface area contributed by atoms with E-state index in [9.17, 15) is 0 Å². The fourth-order valence-corrected chi connectivity index (χ4v) is 2.28. The lowest BCUT2D eigenvalue weighted by Gasteiger charge is -2.35. The number of hydrogen-bond donors (Lipinski definition) is 1. The average Bonchev–Trinajstić information content (AvgIpc) is 2.38. The predicted molar refractivity (Wildman–Crippen MR) is 74.3 cm³/mol. The Labute approximate surface area is 113 Å². The van der Waals surface area contributed by atoms with Gasteiger partial charge >= 0.3 is 6.01 Å². The maximum atomic E-state index is 5.69. The standard InChI is InChI=1S/C12H22N6O/c1-4-19-12-15-10(13)14-11(16-12)18-7-5-9(6-8-18)17(2)3/h9H,4-8H2,1-3H3,(H2,13,14,15,16). The Bertz CT molecular complexity index is 417. The van der Waals surface area contributed by atoms with Crippen LogP contribution in [0.15, 0.2) is 0 Å². The molecule has 1 aliphatic heterocycles. The molecule has 0 aromatic carbocycles. The molecule has 0 spiro atoms. The molecule has 2 rings (SSSR count). The summed E-state index contributed by atoms with van der Waals surface area (Å²) in [4.78, 5) is 16.9. The monoisotopic (exact) mass is 266 g/mol. The van der Waals surface area contributed by atoms with E-state index >= 15 is 0 Å². The second-order valence-corrected chi connectivity index (χ2v) is 4.89. The van der Waals surface area contributed by atoms with E-state index in [0.29, 0.717) is 24.6 Å². The number of ether oxygens (including phenoxy) is 1. The third-order valence-corrected chi connectivity index (χ3v) is 3.37. The molecule has 2 N–H and O–H groups in total. The Balaban J connectivity index is 2.06. The lowest BCUT2D eigenvalue weighted by Crippen LogP contribution is -2.42. The van der Waals surface area contributed by atoms with Gasteiger partial charge in [0.15, 0.2) is 0 Å². The summed E-state index contributed by atoms with van der Waals surface area (Å²) in [5.74, 6) is 0.830. The minimum atomic E-state index is 0.211. The molecule has 0 radical (unpaired) electrons. The minimum absolute atomic E-state index is 0.211. The van der Waals surface area contributed by atoms with Gasteiger partial charge in [0, 0.05) is 19.1 Å². The molecule has 7 nitrogen and oxygen atoms in total. The highest BCUT2D eigenvalue weighted by atomic mass is 16.5. The van der Waals surface area contributed by atoms with Gasteiger partial charge < -0.3 is 20.3 Å². The third-order valence-electron chi connectivity index (χ3n) is 3.37. The molecule has 1 aromatic heterocycles. The highest BCUT2D eigenvalue weighted by Gasteiger charge is 2.23. The largest absolute Gasteiger partial charge is 0.464 e. The molecule has 0 bridgehead atoms. The smallest absolute Gasteiger partial charge is 0.323 e. The molecule has 7 heteroatoms. The van der Waals surface area contributed by atoms with Crippen LogP contribution in [0.2, 0.25) is 0 Å². The molecular weight excluding hydrogens is 244 g/mol. The molecule has 1 aliphatic rings. The number of nitrogens with zero attached hydrogens (tertiary/aromatic N) is 5. The zero-order valence-corrected chi connectivity index (χ0v) is 11.8. The van der Waals surface area contributed by atoms with E-state index in [1.165, 1.54) is 0 Å². The number of nitrogen functional groups attached to an aromatic ring is 1. The van der Waals surface area contributed by atoms with Crippen molar-refractivity contribution < 1.29 is 4.74 Å². The van der Waals surface area contributed by atoms with Crippen molar-refractivity contribution in [3.8, 4) is 6.01 Å². The van der Waals surface area contributed by atoms with Crippen molar-refractivity contribution in [2.45, 2.75) is 25.8 Å². The Kier molecular flexibility index (Phi) is 4.36. The van der Waals surface area contributed by atoms with Crippen LogP contribution in [-0.2, 0) is 0 Å². The first-order chi connectivity index (χ1) is 9.10. The second-order valence-electron chi connectivity index (χ2n) is 4.89. The number of hydrogen-bond acceptors (Lipinski definition) is 7. The fourth-order valence-electron chi connectivity index (χ4n) is 2.28. The maximum absolute atomic E-state index is 5.69. The molecule has 1 fully saturated rings. The Hall–Kier alpha value is -1.63. The number of rotatable bonds is 4. The summed E-state index contributed by atoms with van der Waals surface area (Å²) in [6.07, 6.45) is 2.20. The quantitative estimate of drug-likeness (QED) is 0.844. The van der Waals surface area contributed by atoms with Gasteiger partial charge in [-0.05, 0) is 33.9 Å². The normalized spacial score (nSPS) is 16.9. The first kappa shape index (κ1) is 13.8. The summed E-state index contributed by atoms with van der Waals surface area (Å²) in [6, 6.07) is 0.932. The highest BCUT2D eigenvalue weighted by Crippen LogP contribution is 2.20. The first-order valence-corrected chi connectivity index (χ1v) is 6.66. The van der Waals surface area contributed by atoms with Crippen molar-refractivity contribution >= 4 is 11.9 Å². The van der Waals surface area contributed by atoms with Crippen molar-refractivity contribution in [3.05, 3.63) is 0 Å². The first-order valence-electron chi connectivity index (χ1n) is 6.66. The van der Waals surface area contributed by atoms with Gasteiger partial charge in [0.1, 0.15) is 0 Å². The van der Waals surface area contributed by atoms with Crippen LogP contribution in [0.5, 0.6) is 6.01 Å². The van der Waals surface area contributed by atoms with Crippen LogP contribution in [0, 0.1) is 0 Å². The number of aromatic nitrogens is 3. The molecule has 0 saturated carbocycles. The van der Waals surface area contributed by atoms with Crippen molar-refractivity contribution in [2.24, 2.45) is 0 Å². The molecule has 1 saturated heterocycles. The fraction of sp³-hybridized carbons (Fsp3) is 0.750. The van der Waals surface area contributed by atoms with Gasteiger partial charge in [0.05, 0.1) is 6.61 Å². The SMILES string of the molecule is CCOc1nc(N)nc(N2CCC(N(C)C)CC2)n1. The zero-order valence-electron chi connectivity index (χ0n) is 11.8. The van der Waals surface area contributed by atoms with Gasteiger partial charge in [-0.15, -0.1) is 0 Å². The number of piperidine rings is 1. The minimum Gasteiger partial charge on any atom is -0.464 e. The lowest BCUT2D eigenvalue weighted by atomic mass is 10.0. The summed E-state index contributed by atoms with van der Waals surface area (Å²) in [7, 11) is 4.24.